The Morgan fingerprint density at radius 3 is 2.23 bits per heavy atom. The molecule has 1 heterocycles. The highest BCUT2D eigenvalue weighted by molar-refractivity contribution is 8.67. The van der Waals surface area contributed by atoms with Crippen LogP contribution in [-0.4, -0.2) is 67.3 Å². The molecule has 1 atom stereocenters. The average Bonchev–Trinajstić information content (AvgIpc) is 2.62. The Balaban J connectivity index is 2.53. The number of morpholine rings is 1. The standard InChI is InChI=1S/C22H44NO5PS2/c1-9-10-22(7,8)28-29(30,27-20(2,3)4)31-18-17-26-19(24)21(5,6)11-12-23-13-15-25-16-14-23/h9-18H2,1-8H3. The van der Waals surface area contributed by atoms with E-state index in [-0.39, 0.29) is 11.6 Å². The van der Waals surface area contributed by atoms with E-state index < -0.39 is 16.7 Å². The van der Waals surface area contributed by atoms with Gasteiger partial charge < -0.3 is 18.5 Å². The van der Waals surface area contributed by atoms with Gasteiger partial charge in [-0.3, -0.25) is 9.69 Å². The van der Waals surface area contributed by atoms with Gasteiger partial charge in [0.15, 0.2) is 0 Å². The minimum atomic E-state index is -2.58. The first-order chi connectivity index (χ1) is 14.2. The Bertz CT molecular complexity index is 601. The molecule has 31 heavy (non-hydrogen) atoms. The SMILES string of the molecule is CCCC(C)(C)OP(=S)(OC(C)(C)C)SCCOC(=O)C(C)(C)CCN1CCOCC1. The lowest BCUT2D eigenvalue weighted by atomic mass is 9.89. The fraction of sp³-hybridized carbons (Fsp3) is 0.955. The van der Waals surface area contributed by atoms with Crippen LogP contribution in [0.4, 0.5) is 0 Å². The number of carbonyl (C=O) groups excluding carboxylic acids is 1. The van der Waals surface area contributed by atoms with Crippen LogP contribution >= 0.6 is 17.1 Å². The number of carbonyl (C=O) groups is 1. The smallest absolute Gasteiger partial charge is 0.311 e. The maximum atomic E-state index is 12.7. The van der Waals surface area contributed by atoms with E-state index in [2.05, 4.69) is 25.7 Å². The zero-order valence-electron chi connectivity index (χ0n) is 20.8. The molecule has 0 radical (unpaired) electrons. The number of rotatable bonds is 13. The Labute approximate surface area is 199 Å². The first-order valence-electron chi connectivity index (χ1n) is 11.3. The van der Waals surface area contributed by atoms with Gasteiger partial charge in [-0.25, -0.2) is 0 Å². The van der Waals surface area contributed by atoms with Crippen molar-refractivity contribution in [2.45, 2.75) is 85.9 Å². The summed E-state index contributed by atoms with van der Waals surface area (Å²) in [5.74, 6) is 0.388. The topological polar surface area (TPSA) is 57.2 Å². The van der Waals surface area contributed by atoms with Crippen LogP contribution in [0.25, 0.3) is 0 Å². The van der Waals surface area contributed by atoms with E-state index in [1.165, 1.54) is 11.4 Å². The molecule has 0 saturated carbocycles. The van der Waals surface area contributed by atoms with Crippen molar-refractivity contribution >= 4 is 34.9 Å². The molecule has 0 aromatic heterocycles. The third-order valence-electron chi connectivity index (χ3n) is 4.87. The number of nitrogens with zero attached hydrogens (tertiary/aromatic N) is 1. The number of esters is 1. The van der Waals surface area contributed by atoms with Gasteiger partial charge in [0.1, 0.15) is 6.61 Å². The molecular weight excluding hydrogens is 453 g/mol. The molecule has 0 aromatic rings. The van der Waals surface area contributed by atoms with Gasteiger partial charge in [0.2, 0.25) is 5.69 Å². The summed E-state index contributed by atoms with van der Waals surface area (Å²) >= 11 is 7.33. The molecule has 0 N–H and O–H groups in total. The van der Waals surface area contributed by atoms with Crippen molar-refractivity contribution in [2.75, 3.05) is 45.2 Å². The molecular formula is C22H44NO5PS2. The summed E-state index contributed by atoms with van der Waals surface area (Å²) in [5.41, 5.74) is -3.85. The first kappa shape index (κ1) is 29.3. The fourth-order valence-corrected chi connectivity index (χ4v) is 9.53. The van der Waals surface area contributed by atoms with Crippen LogP contribution in [-0.2, 0) is 35.1 Å². The summed E-state index contributed by atoms with van der Waals surface area (Å²) in [6.07, 6.45) is 2.68. The molecule has 0 bridgehead atoms. The minimum Gasteiger partial charge on any atom is -0.464 e. The van der Waals surface area contributed by atoms with Gasteiger partial charge in [-0.2, -0.15) is 0 Å². The molecule has 1 unspecified atom stereocenters. The Morgan fingerprint density at radius 2 is 1.68 bits per heavy atom. The van der Waals surface area contributed by atoms with Crippen molar-refractivity contribution in [3.05, 3.63) is 0 Å². The van der Waals surface area contributed by atoms with E-state index in [4.69, 9.17) is 30.3 Å². The van der Waals surface area contributed by atoms with Crippen LogP contribution in [0.15, 0.2) is 0 Å². The second-order valence-electron chi connectivity index (χ2n) is 10.3. The van der Waals surface area contributed by atoms with Crippen LogP contribution in [0.1, 0.15) is 74.7 Å². The monoisotopic (exact) mass is 497 g/mol. The van der Waals surface area contributed by atoms with Crippen molar-refractivity contribution in [1.82, 2.24) is 4.90 Å². The molecule has 9 heteroatoms. The maximum absolute atomic E-state index is 12.7. The summed E-state index contributed by atoms with van der Waals surface area (Å²) < 4.78 is 23.5. The molecule has 1 rings (SSSR count). The fourth-order valence-electron chi connectivity index (χ4n) is 3.20. The summed E-state index contributed by atoms with van der Waals surface area (Å²) in [5, 5.41) is 0. The lowest BCUT2D eigenvalue weighted by Crippen LogP contribution is -2.39. The zero-order valence-corrected chi connectivity index (χ0v) is 23.4. The molecule has 1 fully saturated rings. The largest absolute Gasteiger partial charge is 0.464 e. The number of hydrogen-bond acceptors (Lipinski definition) is 8. The highest BCUT2D eigenvalue weighted by Gasteiger charge is 2.34. The van der Waals surface area contributed by atoms with Crippen molar-refractivity contribution in [3.8, 4) is 0 Å². The molecule has 0 aliphatic carbocycles. The highest BCUT2D eigenvalue weighted by atomic mass is 32.9. The Hall–Kier alpha value is 0.310. The van der Waals surface area contributed by atoms with Crippen molar-refractivity contribution in [1.29, 1.82) is 0 Å². The summed E-state index contributed by atoms with van der Waals surface area (Å²) in [6.45, 7) is 20.7. The van der Waals surface area contributed by atoms with Crippen LogP contribution < -0.4 is 0 Å². The maximum Gasteiger partial charge on any atom is 0.311 e. The number of hydrogen-bond donors (Lipinski definition) is 0. The second-order valence-corrected chi connectivity index (χ2v) is 16.6. The first-order valence-corrected chi connectivity index (χ1v) is 15.5. The third kappa shape index (κ3) is 12.4. The van der Waals surface area contributed by atoms with Gasteiger partial charge in [-0.05, 0) is 79.7 Å². The molecule has 1 aliphatic rings. The molecule has 6 nitrogen and oxygen atoms in total. The van der Waals surface area contributed by atoms with Crippen molar-refractivity contribution in [3.63, 3.8) is 0 Å². The number of ether oxygens (including phenoxy) is 2. The van der Waals surface area contributed by atoms with Gasteiger partial charge >= 0.3 is 5.97 Å². The van der Waals surface area contributed by atoms with Gasteiger partial charge in [0.05, 0.1) is 29.8 Å². The van der Waals surface area contributed by atoms with E-state index in [1.54, 1.807) is 0 Å². The van der Waals surface area contributed by atoms with Crippen molar-refractivity contribution in [2.24, 2.45) is 5.41 Å². The normalized spacial score (nSPS) is 18.6. The quantitative estimate of drug-likeness (QED) is 0.184. The molecule has 0 spiro atoms. The third-order valence-corrected chi connectivity index (χ3v) is 10.4. The summed E-state index contributed by atoms with van der Waals surface area (Å²) in [7, 11) is 0. The summed E-state index contributed by atoms with van der Waals surface area (Å²) in [6, 6.07) is 0. The molecule has 1 aliphatic heterocycles. The van der Waals surface area contributed by atoms with Crippen LogP contribution in [0.5, 0.6) is 0 Å². The van der Waals surface area contributed by atoms with Crippen molar-refractivity contribution < 1.29 is 23.3 Å². The lowest BCUT2D eigenvalue weighted by molar-refractivity contribution is -0.153. The van der Waals surface area contributed by atoms with Gasteiger partial charge in [0, 0.05) is 18.8 Å². The van der Waals surface area contributed by atoms with Crippen LogP contribution in [0, 0.1) is 5.41 Å². The van der Waals surface area contributed by atoms with E-state index >= 15 is 0 Å². The van der Waals surface area contributed by atoms with E-state index in [0.717, 1.165) is 52.1 Å². The van der Waals surface area contributed by atoms with Gasteiger partial charge in [0.25, 0.3) is 0 Å². The molecule has 1 saturated heterocycles. The second kappa shape index (κ2) is 12.7. The summed E-state index contributed by atoms with van der Waals surface area (Å²) in [4.78, 5) is 15.0. The predicted octanol–water partition coefficient (Wildman–Crippen LogP) is 5.65. The Morgan fingerprint density at radius 1 is 1.06 bits per heavy atom. The van der Waals surface area contributed by atoms with E-state index in [9.17, 15) is 4.79 Å². The molecule has 184 valence electrons. The van der Waals surface area contributed by atoms with E-state index in [0.29, 0.717) is 12.4 Å². The van der Waals surface area contributed by atoms with Gasteiger partial charge in [-0.1, -0.05) is 24.7 Å². The van der Waals surface area contributed by atoms with Crippen LogP contribution in [0.3, 0.4) is 0 Å². The average molecular weight is 498 g/mol. The Kier molecular flexibility index (Phi) is 12.0. The van der Waals surface area contributed by atoms with Gasteiger partial charge in [-0.15, -0.1) is 0 Å². The van der Waals surface area contributed by atoms with E-state index in [1.807, 2.05) is 34.6 Å². The van der Waals surface area contributed by atoms with Crippen LogP contribution in [0.2, 0.25) is 0 Å². The molecule has 0 amide bonds. The lowest BCUT2D eigenvalue weighted by Gasteiger charge is -2.36. The predicted molar refractivity (Wildman–Crippen MR) is 134 cm³/mol. The zero-order chi connectivity index (χ0) is 23.8. The highest BCUT2D eigenvalue weighted by Crippen LogP contribution is 2.65. The minimum absolute atomic E-state index is 0.168. The molecule has 0 aromatic carbocycles.